The molecule has 1 N–H and O–H groups in total. The van der Waals surface area contributed by atoms with Crippen molar-refractivity contribution in [1.82, 2.24) is 15.1 Å². The number of amides is 1. The van der Waals surface area contributed by atoms with Crippen molar-refractivity contribution in [2.24, 2.45) is 0 Å². The van der Waals surface area contributed by atoms with Crippen LogP contribution in [0.25, 0.3) is 5.69 Å². The summed E-state index contributed by atoms with van der Waals surface area (Å²) in [5.74, 6) is -0.0880. The molecule has 2 aromatic heterocycles. The van der Waals surface area contributed by atoms with Crippen LogP contribution >= 0.6 is 38.9 Å². The summed E-state index contributed by atoms with van der Waals surface area (Å²) in [6, 6.07) is 11.1. The smallest absolute Gasteiger partial charge is 0.261 e. The molecule has 0 aliphatic rings. The quantitative estimate of drug-likeness (QED) is 0.715. The minimum absolute atomic E-state index is 0.0880. The van der Waals surface area contributed by atoms with Crippen molar-refractivity contribution in [3.05, 3.63) is 68.0 Å². The number of carbonyl (C=O) groups is 1. The SMILES string of the molecule is O=C(NCc1cnn(-c2ccc(Cl)cc2)c1)c1ccc(Br)s1. The fourth-order valence-corrected chi connectivity index (χ4v) is 3.32. The fraction of sp³-hybridized carbons (Fsp3) is 0.0667. The number of rotatable bonds is 4. The van der Waals surface area contributed by atoms with Crippen molar-refractivity contribution in [3.8, 4) is 5.69 Å². The van der Waals surface area contributed by atoms with Crippen molar-refractivity contribution in [3.63, 3.8) is 0 Å². The molecule has 0 fully saturated rings. The number of hydrogen-bond donors (Lipinski definition) is 1. The largest absolute Gasteiger partial charge is 0.347 e. The maximum Gasteiger partial charge on any atom is 0.261 e. The Morgan fingerprint density at radius 3 is 2.73 bits per heavy atom. The summed E-state index contributed by atoms with van der Waals surface area (Å²) in [5.41, 5.74) is 1.85. The second kappa shape index (κ2) is 6.64. The van der Waals surface area contributed by atoms with Gasteiger partial charge in [0, 0.05) is 23.3 Å². The van der Waals surface area contributed by atoms with E-state index in [-0.39, 0.29) is 5.91 Å². The number of benzene rings is 1. The van der Waals surface area contributed by atoms with Gasteiger partial charge >= 0.3 is 0 Å². The van der Waals surface area contributed by atoms with Gasteiger partial charge in [-0.15, -0.1) is 11.3 Å². The topological polar surface area (TPSA) is 46.9 Å². The van der Waals surface area contributed by atoms with E-state index in [1.807, 2.05) is 36.5 Å². The van der Waals surface area contributed by atoms with Crippen LogP contribution in [0.15, 0.2) is 52.6 Å². The first-order valence-electron chi connectivity index (χ1n) is 6.45. The molecule has 0 radical (unpaired) electrons. The minimum Gasteiger partial charge on any atom is -0.347 e. The van der Waals surface area contributed by atoms with E-state index in [0.717, 1.165) is 15.0 Å². The Morgan fingerprint density at radius 2 is 2.05 bits per heavy atom. The Morgan fingerprint density at radius 1 is 1.27 bits per heavy atom. The van der Waals surface area contributed by atoms with Crippen molar-refractivity contribution in [2.75, 3.05) is 0 Å². The Bertz CT molecular complexity index is 797. The summed E-state index contributed by atoms with van der Waals surface area (Å²) < 4.78 is 2.69. The van der Waals surface area contributed by atoms with Gasteiger partial charge < -0.3 is 5.32 Å². The molecule has 22 heavy (non-hydrogen) atoms. The molecule has 7 heteroatoms. The molecular formula is C15H11BrClN3OS. The highest BCUT2D eigenvalue weighted by Gasteiger charge is 2.09. The number of aromatic nitrogens is 2. The lowest BCUT2D eigenvalue weighted by Gasteiger charge is -2.02. The summed E-state index contributed by atoms with van der Waals surface area (Å²) >= 11 is 10.6. The molecular weight excluding hydrogens is 386 g/mol. The standard InChI is InChI=1S/C15H11BrClN3OS/c16-14-6-5-13(22-14)15(21)18-7-10-8-19-20(9-10)12-3-1-11(17)2-4-12/h1-6,8-9H,7H2,(H,18,21). The molecule has 1 amide bonds. The van der Waals surface area contributed by atoms with Crippen LogP contribution in [0.4, 0.5) is 0 Å². The second-order valence-electron chi connectivity index (χ2n) is 4.56. The highest BCUT2D eigenvalue weighted by Crippen LogP contribution is 2.22. The van der Waals surface area contributed by atoms with E-state index in [1.165, 1.54) is 11.3 Å². The second-order valence-corrected chi connectivity index (χ2v) is 7.46. The van der Waals surface area contributed by atoms with Crippen LogP contribution < -0.4 is 5.32 Å². The Labute approximate surface area is 144 Å². The molecule has 3 aromatic rings. The third-order valence-electron chi connectivity index (χ3n) is 2.98. The van der Waals surface area contributed by atoms with Gasteiger partial charge in [-0.3, -0.25) is 4.79 Å². The number of hydrogen-bond acceptors (Lipinski definition) is 3. The predicted molar refractivity (Wildman–Crippen MR) is 91.8 cm³/mol. The van der Waals surface area contributed by atoms with Gasteiger partial charge in [-0.1, -0.05) is 11.6 Å². The number of halogens is 2. The first-order valence-corrected chi connectivity index (χ1v) is 8.43. The normalized spacial score (nSPS) is 10.6. The van der Waals surface area contributed by atoms with Crippen molar-refractivity contribution in [2.45, 2.75) is 6.54 Å². The Balaban J connectivity index is 1.64. The first kappa shape index (κ1) is 15.3. The van der Waals surface area contributed by atoms with Gasteiger partial charge in [0.25, 0.3) is 5.91 Å². The van der Waals surface area contributed by atoms with Gasteiger partial charge in [0.05, 0.1) is 20.5 Å². The predicted octanol–water partition coefficient (Wildman–Crippen LogP) is 4.28. The molecule has 0 atom stereocenters. The Hall–Kier alpha value is -1.63. The van der Waals surface area contributed by atoms with Crippen LogP contribution in [0, 0.1) is 0 Å². The molecule has 0 unspecified atom stereocenters. The average molecular weight is 397 g/mol. The molecule has 0 bridgehead atoms. The third kappa shape index (κ3) is 3.58. The van der Waals surface area contributed by atoms with Crippen LogP contribution in [0.2, 0.25) is 5.02 Å². The van der Waals surface area contributed by atoms with Gasteiger partial charge in [-0.05, 0) is 52.3 Å². The van der Waals surface area contributed by atoms with E-state index in [9.17, 15) is 4.79 Å². The van der Waals surface area contributed by atoms with Gasteiger partial charge in [-0.2, -0.15) is 5.10 Å². The van der Waals surface area contributed by atoms with Crippen molar-refractivity contribution >= 4 is 44.8 Å². The van der Waals surface area contributed by atoms with Crippen molar-refractivity contribution in [1.29, 1.82) is 0 Å². The van der Waals surface area contributed by atoms with Crippen LogP contribution in [0.1, 0.15) is 15.2 Å². The molecule has 0 saturated heterocycles. The van der Waals surface area contributed by atoms with E-state index >= 15 is 0 Å². The number of thiophene rings is 1. The van der Waals surface area contributed by atoms with E-state index in [0.29, 0.717) is 16.4 Å². The Kier molecular flexibility index (Phi) is 4.61. The zero-order valence-corrected chi connectivity index (χ0v) is 14.5. The fourth-order valence-electron chi connectivity index (χ4n) is 1.89. The average Bonchev–Trinajstić information content (AvgIpc) is 3.15. The van der Waals surface area contributed by atoms with Crippen LogP contribution in [0.5, 0.6) is 0 Å². The lowest BCUT2D eigenvalue weighted by Crippen LogP contribution is -2.21. The summed E-state index contributed by atoms with van der Waals surface area (Å²) in [4.78, 5) is 12.7. The minimum atomic E-state index is -0.0880. The molecule has 4 nitrogen and oxygen atoms in total. The lowest BCUT2D eigenvalue weighted by atomic mass is 10.3. The number of carbonyl (C=O) groups excluding carboxylic acids is 1. The zero-order chi connectivity index (χ0) is 15.5. The summed E-state index contributed by atoms with van der Waals surface area (Å²) in [6.45, 7) is 0.432. The van der Waals surface area contributed by atoms with Gasteiger partial charge in [-0.25, -0.2) is 4.68 Å². The molecule has 3 rings (SSSR count). The number of nitrogens with one attached hydrogen (secondary N) is 1. The maximum atomic E-state index is 12.0. The van der Waals surface area contributed by atoms with E-state index in [4.69, 9.17) is 11.6 Å². The molecule has 0 aliphatic carbocycles. The zero-order valence-electron chi connectivity index (χ0n) is 11.3. The molecule has 2 heterocycles. The van der Waals surface area contributed by atoms with Crippen LogP contribution in [-0.2, 0) is 6.54 Å². The molecule has 1 aromatic carbocycles. The lowest BCUT2D eigenvalue weighted by molar-refractivity contribution is 0.0955. The van der Waals surface area contributed by atoms with Crippen LogP contribution in [0.3, 0.4) is 0 Å². The highest BCUT2D eigenvalue weighted by atomic mass is 79.9. The van der Waals surface area contributed by atoms with E-state index in [2.05, 4.69) is 26.3 Å². The third-order valence-corrected chi connectivity index (χ3v) is 4.85. The summed E-state index contributed by atoms with van der Waals surface area (Å²) in [6.07, 6.45) is 3.62. The molecule has 0 spiro atoms. The summed E-state index contributed by atoms with van der Waals surface area (Å²) in [5, 5.41) is 7.85. The highest BCUT2D eigenvalue weighted by molar-refractivity contribution is 9.11. The number of nitrogens with zero attached hydrogens (tertiary/aromatic N) is 2. The summed E-state index contributed by atoms with van der Waals surface area (Å²) in [7, 11) is 0. The first-order chi connectivity index (χ1) is 10.6. The van der Waals surface area contributed by atoms with Crippen molar-refractivity contribution < 1.29 is 4.79 Å². The van der Waals surface area contributed by atoms with E-state index in [1.54, 1.807) is 16.9 Å². The molecule has 112 valence electrons. The van der Waals surface area contributed by atoms with Gasteiger partial charge in [0.2, 0.25) is 0 Å². The monoisotopic (exact) mass is 395 g/mol. The molecule has 0 saturated carbocycles. The van der Waals surface area contributed by atoms with Gasteiger partial charge in [0.1, 0.15) is 0 Å². The van der Waals surface area contributed by atoms with Crippen LogP contribution in [-0.4, -0.2) is 15.7 Å². The van der Waals surface area contributed by atoms with Gasteiger partial charge in [0.15, 0.2) is 0 Å². The van der Waals surface area contributed by atoms with E-state index < -0.39 is 0 Å². The maximum absolute atomic E-state index is 12.0. The molecule has 0 aliphatic heterocycles.